The van der Waals surface area contributed by atoms with E-state index in [1.54, 1.807) is 41.8 Å². The highest BCUT2D eigenvalue weighted by molar-refractivity contribution is 5.99. The van der Waals surface area contributed by atoms with Crippen LogP contribution in [0.5, 0.6) is 5.75 Å². The van der Waals surface area contributed by atoms with Gasteiger partial charge >= 0.3 is 0 Å². The number of hydrogen-bond donors (Lipinski definition) is 2. The number of fused-ring (bicyclic) bond motifs is 1. The normalized spacial score (nSPS) is 10.6. The quantitative estimate of drug-likeness (QED) is 0.728. The minimum atomic E-state index is -0.355. The van der Waals surface area contributed by atoms with E-state index >= 15 is 0 Å². The summed E-state index contributed by atoms with van der Waals surface area (Å²) in [5.74, 6) is 0.540. The summed E-state index contributed by atoms with van der Waals surface area (Å²) < 4.78 is 6.94. The van der Waals surface area contributed by atoms with Gasteiger partial charge in [-0.15, -0.1) is 10.2 Å². The number of amides is 2. The number of rotatable bonds is 5. The topological polar surface area (TPSA) is 97.6 Å². The Kier molecular flexibility index (Phi) is 4.83. The zero-order valence-electron chi connectivity index (χ0n) is 14.7. The fourth-order valence-electron chi connectivity index (χ4n) is 2.52. The number of ether oxygens (including phenoxy) is 1. The van der Waals surface area contributed by atoms with E-state index in [9.17, 15) is 9.59 Å². The second-order valence-corrected chi connectivity index (χ2v) is 5.83. The third-order valence-corrected chi connectivity index (χ3v) is 3.87. The molecule has 2 heterocycles. The molecule has 1 aromatic carbocycles. The number of aromatic nitrogens is 3. The highest BCUT2D eigenvalue weighted by atomic mass is 16.5. The van der Waals surface area contributed by atoms with Crippen LogP contribution >= 0.6 is 0 Å². The summed E-state index contributed by atoms with van der Waals surface area (Å²) in [7, 11) is 1.53. The van der Waals surface area contributed by atoms with Crippen LogP contribution in [0.3, 0.4) is 0 Å². The summed E-state index contributed by atoms with van der Waals surface area (Å²) in [6.07, 6.45) is 1.64. The molecule has 3 rings (SSSR count). The van der Waals surface area contributed by atoms with Gasteiger partial charge in [-0.3, -0.25) is 14.0 Å². The van der Waals surface area contributed by atoms with Crippen LogP contribution in [0.1, 0.15) is 21.7 Å². The largest absolute Gasteiger partial charge is 0.495 e. The van der Waals surface area contributed by atoms with E-state index < -0.39 is 0 Å². The standard InChI is InChI=1S/C18H19N5O3/c1-11-4-6-15(26-3)14(8-11)20-17(24)9-19-18(25)13-5-7-16-22-21-12(2)23(16)10-13/h4-8,10H,9H2,1-3H3,(H,19,25)(H,20,24). The van der Waals surface area contributed by atoms with Crippen LogP contribution in [0, 0.1) is 13.8 Å². The van der Waals surface area contributed by atoms with Gasteiger partial charge in [0.2, 0.25) is 5.91 Å². The molecule has 8 nitrogen and oxygen atoms in total. The van der Waals surface area contributed by atoms with E-state index in [-0.39, 0.29) is 18.4 Å². The second kappa shape index (κ2) is 7.22. The lowest BCUT2D eigenvalue weighted by molar-refractivity contribution is -0.115. The number of anilines is 1. The fourth-order valence-corrected chi connectivity index (χ4v) is 2.52. The molecule has 8 heteroatoms. The maximum Gasteiger partial charge on any atom is 0.253 e. The third-order valence-electron chi connectivity index (χ3n) is 3.87. The van der Waals surface area contributed by atoms with Crippen molar-refractivity contribution in [1.29, 1.82) is 0 Å². The molecule has 0 bridgehead atoms. The van der Waals surface area contributed by atoms with E-state index in [1.165, 1.54) is 7.11 Å². The molecule has 26 heavy (non-hydrogen) atoms. The maximum atomic E-state index is 12.3. The Hall–Kier alpha value is -3.42. The van der Waals surface area contributed by atoms with Crippen LogP contribution in [0.25, 0.3) is 5.65 Å². The number of methoxy groups -OCH3 is 1. The molecule has 0 atom stereocenters. The van der Waals surface area contributed by atoms with Crippen LogP contribution in [0.2, 0.25) is 0 Å². The zero-order chi connectivity index (χ0) is 18.7. The predicted octanol–water partition coefficient (Wildman–Crippen LogP) is 1.72. The lowest BCUT2D eigenvalue weighted by Gasteiger charge is -2.11. The van der Waals surface area contributed by atoms with Crippen molar-refractivity contribution in [3.63, 3.8) is 0 Å². The first-order chi connectivity index (χ1) is 12.5. The molecule has 134 valence electrons. The predicted molar refractivity (Wildman–Crippen MR) is 96.4 cm³/mol. The summed E-state index contributed by atoms with van der Waals surface area (Å²) >= 11 is 0. The van der Waals surface area contributed by atoms with Crippen LogP contribution in [-0.4, -0.2) is 40.1 Å². The smallest absolute Gasteiger partial charge is 0.253 e. The third kappa shape index (κ3) is 3.64. The molecular formula is C18H19N5O3. The van der Waals surface area contributed by atoms with E-state index in [1.807, 2.05) is 13.0 Å². The van der Waals surface area contributed by atoms with Crippen molar-refractivity contribution in [1.82, 2.24) is 19.9 Å². The lowest BCUT2D eigenvalue weighted by atomic mass is 10.2. The van der Waals surface area contributed by atoms with Gasteiger partial charge in [-0.25, -0.2) is 0 Å². The maximum absolute atomic E-state index is 12.3. The molecule has 3 aromatic rings. The van der Waals surface area contributed by atoms with E-state index in [0.29, 0.717) is 28.5 Å². The molecule has 2 amide bonds. The molecular weight excluding hydrogens is 334 g/mol. The molecule has 0 aliphatic rings. The minimum absolute atomic E-state index is 0.158. The molecule has 0 saturated carbocycles. The average molecular weight is 353 g/mol. The first kappa shape index (κ1) is 17.4. The molecule has 0 fully saturated rings. The first-order valence-corrected chi connectivity index (χ1v) is 8.02. The molecule has 2 N–H and O–H groups in total. The van der Waals surface area contributed by atoms with E-state index in [0.717, 1.165) is 5.56 Å². The first-order valence-electron chi connectivity index (χ1n) is 8.02. The van der Waals surface area contributed by atoms with Crippen LogP contribution in [0.4, 0.5) is 5.69 Å². The number of carbonyl (C=O) groups is 2. The average Bonchev–Trinajstić information content (AvgIpc) is 3.00. The second-order valence-electron chi connectivity index (χ2n) is 5.83. The number of nitrogens with one attached hydrogen (secondary N) is 2. The number of hydrogen-bond acceptors (Lipinski definition) is 5. The zero-order valence-corrected chi connectivity index (χ0v) is 14.7. The fraction of sp³-hybridized carbons (Fsp3) is 0.222. The van der Waals surface area contributed by atoms with E-state index in [2.05, 4.69) is 20.8 Å². The van der Waals surface area contributed by atoms with Crippen molar-refractivity contribution < 1.29 is 14.3 Å². The van der Waals surface area contributed by atoms with Gasteiger partial charge in [0.25, 0.3) is 5.91 Å². The molecule has 0 radical (unpaired) electrons. The van der Waals surface area contributed by atoms with Crippen LogP contribution in [0.15, 0.2) is 36.5 Å². The Labute approximate surface area is 150 Å². The highest BCUT2D eigenvalue weighted by Crippen LogP contribution is 2.24. The summed E-state index contributed by atoms with van der Waals surface area (Å²) in [5, 5.41) is 13.3. The summed E-state index contributed by atoms with van der Waals surface area (Å²) in [5.41, 5.74) is 2.63. The molecule has 2 aromatic heterocycles. The molecule has 0 spiro atoms. The summed E-state index contributed by atoms with van der Waals surface area (Å²) in [6.45, 7) is 3.56. The minimum Gasteiger partial charge on any atom is -0.495 e. The highest BCUT2D eigenvalue weighted by Gasteiger charge is 2.12. The van der Waals surface area contributed by atoms with Gasteiger partial charge in [0.15, 0.2) is 5.65 Å². The van der Waals surface area contributed by atoms with Gasteiger partial charge in [0.05, 0.1) is 24.9 Å². The monoisotopic (exact) mass is 353 g/mol. The molecule has 0 aliphatic carbocycles. The Bertz CT molecular complexity index is 980. The Balaban J connectivity index is 1.64. The van der Waals surface area contributed by atoms with Gasteiger partial charge in [-0.05, 0) is 43.7 Å². The molecule has 0 unspecified atom stereocenters. The number of carbonyl (C=O) groups excluding carboxylic acids is 2. The molecule has 0 saturated heterocycles. The van der Waals surface area contributed by atoms with Crippen LogP contribution in [-0.2, 0) is 4.79 Å². The van der Waals surface area contributed by atoms with Crippen molar-refractivity contribution >= 4 is 23.1 Å². The Morgan fingerprint density at radius 1 is 1.15 bits per heavy atom. The number of aryl methyl sites for hydroxylation is 2. The SMILES string of the molecule is COc1ccc(C)cc1NC(=O)CNC(=O)c1ccc2nnc(C)n2c1. The number of pyridine rings is 1. The Morgan fingerprint density at radius 2 is 1.96 bits per heavy atom. The Morgan fingerprint density at radius 3 is 2.73 bits per heavy atom. The van der Waals surface area contributed by atoms with Crippen molar-refractivity contribution in [3.8, 4) is 5.75 Å². The van der Waals surface area contributed by atoms with Crippen LogP contribution < -0.4 is 15.4 Å². The lowest BCUT2D eigenvalue weighted by Crippen LogP contribution is -2.33. The van der Waals surface area contributed by atoms with Crippen molar-refractivity contribution in [2.24, 2.45) is 0 Å². The van der Waals surface area contributed by atoms with Crippen molar-refractivity contribution in [2.75, 3.05) is 19.0 Å². The van der Waals surface area contributed by atoms with Gasteiger partial charge in [0.1, 0.15) is 11.6 Å². The number of nitrogens with zero attached hydrogens (tertiary/aromatic N) is 3. The molecule has 0 aliphatic heterocycles. The van der Waals surface area contributed by atoms with Crippen molar-refractivity contribution in [3.05, 3.63) is 53.5 Å². The van der Waals surface area contributed by atoms with Gasteiger partial charge in [-0.1, -0.05) is 6.07 Å². The summed E-state index contributed by atoms with van der Waals surface area (Å²) in [6, 6.07) is 8.81. The van der Waals surface area contributed by atoms with Crippen molar-refractivity contribution in [2.45, 2.75) is 13.8 Å². The summed E-state index contributed by atoms with van der Waals surface area (Å²) in [4.78, 5) is 24.4. The van der Waals surface area contributed by atoms with E-state index in [4.69, 9.17) is 4.74 Å². The van der Waals surface area contributed by atoms with Gasteiger partial charge < -0.3 is 15.4 Å². The van der Waals surface area contributed by atoms with Gasteiger partial charge in [0, 0.05) is 6.20 Å². The number of benzene rings is 1. The van der Waals surface area contributed by atoms with Gasteiger partial charge in [-0.2, -0.15) is 0 Å².